The summed E-state index contributed by atoms with van der Waals surface area (Å²) in [4.78, 5) is 16.8. The van der Waals surface area contributed by atoms with E-state index in [1.165, 1.54) is 0 Å². The first-order valence-electron chi connectivity index (χ1n) is 8.10. The quantitative estimate of drug-likeness (QED) is 0.910. The lowest BCUT2D eigenvalue weighted by atomic mass is 9.90. The molecule has 22 heavy (non-hydrogen) atoms. The topological polar surface area (TPSA) is 67.2 Å². The fourth-order valence-electron chi connectivity index (χ4n) is 3.20. The standard InChI is InChI=1S/C17H23N3O2/c1-3-11-5-6-18-8-15(11)20-17(21)14-7-13-12(4-2)10-22-16(13)9-19-14/h7,9-11,15,18H,3-6,8H2,1-2H3,(H,20,21). The third-order valence-corrected chi connectivity index (χ3v) is 4.62. The second-order valence-corrected chi connectivity index (χ2v) is 5.92. The van der Waals surface area contributed by atoms with Crippen LogP contribution in [-0.4, -0.2) is 30.0 Å². The number of aryl methyl sites for hydroxylation is 1. The largest absolute Gasteiger partial charge is 0.462 e. The molecule has 3 rings (SSSR count). The van der Waals surface area contributed by atoms with Crippen LogP contribution in [0.2, 0.25) is 0 Å². The van der Waals surface area contributed by atoms with E-state index in [-0.39, 0.29) is 11.9 Å². The van der Waals surface area contributed by atoms with Crippen molar-refractivity contribution in [2.24, 2.45) is 5.92 Å². The Morgan fingerprint density at radius 3 is 3.14 bits per heavy atom. The van der Waals surface area contributed by atoms with E-state index in [2.05, 4.69) is 29.5 Å². The molecule has 1 fully saturated rings. The van der Waals surface area contributed by atoms with E-state index in [1.807, 2.05) is 6.07 Å². The number of furan rings is 1. The number of piperidine rings is 1. The van der Waals surface area contributed by atoms with Gasteiger partial charge in [-0.25, -0.2) is 4.98 Å². The van der Waals surface area contributed by atoms with Gasteiger partial charge in [-0.15, -0.1) is 0 Å². The highest BCUT2D eigenvalue weighted by Gasteiger charge is 2.25. The van der Waals surface area contributed by atoms with Crippen molar-refractivity contribution in [2.45, 2.75) is 39.2 Å². The molecule has 1 aliphatic rings. The number of pyridine rings is 1. The highest BCUT2D eigenvalue weighted by atomic mass is 16.3. The Hall–Kier alpha value is -1.88. The van der Waals surface area contributed by atoms with Crippen LogP contribution in [-0.2, 0) is 6.42 Å². The van der Waals surface area contributed by atoms with E-state index in [9.17, 15) is 4.79 Å². The van der Waals surface area contributed by atoms with Crippen LogP contribution >= 0.6 is 0 Å². The molecule has 0 aromatic carbocycles. The number of nitrogens with one attached hydrogen (secondary N) is 2. The van der Waals surface area contributed by atoms with Crippen molar-refractivity contribution in [3.05, 3.63) is 29.8 Å². The molecular formula is C17H23N3O2. The molecule has 5 nitrogen and oxygen atoms in total. The SMILES string of the molecule is CCc1coc2cnc(C(=O)NC3CNCCC3CC)cc12. The van der Waals surface area contributed by atoms with Gasteiger partial charge in [-0.3, -0.25) is 4.79 Å². The number of aromatic nitrogens is 1. The summed E-state index contributed by atoms with van der Waals surface area (Å²) in [7, 11) is 0. The van der Waals surface area contributed by atoms with E-state index < -0.39 is 0 Å². The number of carbonyl (C=O) groups is 1. The maximum Gasteiger partial charge on any atom is 0.270 e. The normalized spacial score (nSPS) is 21.9. The Morgan fingerprint density at radius 1 is 1.50 bits per heavy atom. The number of hydrogen-bond acceptors (Lipinski definition) is 4. The van der Waals surface area contributed by atoms with Crippen LogP contribution in [0.15, 0.2) is 22.9 Å². The van der Waals surface area contributed by atoms with Gasteiger partial charge in [0.05, 0.1) is 12.5 Å². The molecule has 2 atom stereocenters. The summed E-state index contributed by atoms with van der Waals surface area (Å²) < 4.78 is 5.45. The molecule has 118 valence electrons. The van der Waals surface area contributed by atoms with Gasteiger partial charge >= 0.3 is 0 Å². The molecule has 2 unspecified atom stereocenters. The van der Waals surface area contributed by atoms with E-state index in [0.29, 0.717) is 11.6 Å². The van der Waals surface area contributed by atoms with E-state index in [0.717, 1.165) is 48.9 Å². The number of fused-ring (bicyclic) bond motifs is 1. The number of nitrogens with zero attached hydrogens (tertiary/aromatic N) is 1. The van der Waals surface area contributed by atoms with Crippen LogP contribution in [0.5, 0.6) is 0 Å². The number of amides is 1. The zero-order chi connectivity index (χ0) is 15.5. The van der Waals surface area contributed by atoms with Crippen molar-refractivity contribution in [1.82, 2.24) is 15.6 Å². The van der Waals surface area contributed by atoms with Gasteiger partial charge in [0, 0.05) is 18.0 Å². The minimum atomic E-state index is -0.0997. The van der Waals surface area contributed by atoms with E-state index in [4.69, 9.17) is 4.42 Å². The number of rotatable bonds is 4. The Kier molecular flexibility index (Phi) is 4.43. The predicted octanol–water partition coefficient (Wildman–Crippen LogP) is 2.51. The summed E-state index contributed by atoms with van der Waals surface area (Å²) in [5, 5.41) is 7.47. The van der Waals surface area contributed by atoms with Gasteiger partial charge in [0.2, 0.25) is 0 Å². The second-order valence-electron chi connectivity index (χ2n) is 5.92. The molecule has 2 aromatic heterocycles. The van der Waals surface area contributed by atoms with Crippen LogP contribution in [0, 0.1) is 5.92 Å². The molecule has 1 aliphatic heterocycles. The van der Waals surface area contributed by atoms with Gasteiger partial charge in [0.25, 0.3) is 5.91 Å². The zero-order valence-electron chi connectivity index (χ0n) is 13.2. The molecule has 0 aliphatic carbocycles. The Morgan fingerprint density at radius 2 is 2.36 bits per heavy atom. The maximum atomic E-state index is 12.5. The summed E-state index contributed by atoms with van der Waals surface area (Å²) in [6.45, 7) is 6.12. The second kappa shape index (κ2) is 6.48. The molecule has 5 heteroatoms. The number of hydrogen-bond donors (Lipinski definition) is 2. The molecule has 1 saturated heterocycles. The van der Waals surface area contributed by atoms with Gasteiger partial charge in [0.15, 0.2) is 5.58 Å². The molecule has 0 saturated carbocycles. The third kappa shape index (κ3) is 2.86. The van der Waals surface area contributed by atoms with Crippen molar-refractivity contribution in [3.8, 4) is 0 Å². The highest BCUT2D eigenvalue weighted by molar-refractivity contribution is 5.96. The first-order valence-corrected chi connectivity index (χ1v) is 8.10. The first kappa shape index (κ1) is 15.0. The smallest absolute Gasteiger partial charge is 0.270 e. The Bertz CT molecular complexity index is 665. The molecule has 2 N–H and O–H groups in total. The van der Waals surface area contributed by atoms with Crippen LogP contribution in [0.4, 0.5) is 0 Å². The Labute approximate surface area is 130 Å². The third-order valence-electron chi connectivity index (χ3n) is 4.62. The maximum absolute atomic E-state index is 12.5. The molecule has 0 radical (unpaired) electrons. The minimum Gasteiger partial charge on any atom is -0.462 e. The lowest BCUT2D eigenvalue weighted by molar-refractivity contribution is 0.0905. The number of carbonyl (C=O) groups excluding carboxylic acids is 1. The van der Waals surface area contributed by atoms with Crippen LogP contribution in [0.1, 0.15) is 42.7 Å². The first-order chi connectivity index (χ1) is 10.7. The van der Waals surface area contributed by atoms with Crippen molar-refractivity contribution in [1.29, 1.82) is 0 Å². The van der Waals surface area contributed by atoms with Gasteiger partial charge < -0.3 is 15.1 Å². The average Bonchev–Trinajstić information content (AvgIpc) is 2.97. The van der Waals surface area contributed by atoms with Crippen LogP contribution < -0.4 is 10.6 Å². The van der Waals surface area contributed by atoms with E-state index in [1.54, 1.807) is 12.5 Å². The molecule has 3 heterocycles. The van der Waals surface area contributed by atoms with Crippen molar-refractivity contribution in [2.75, 3.05) is 13.1 Å². The summed E-state index contributed by atoms with van der Waals surface area (Å²) in [6, 6.07) is 2.02. The summed E-state index contributed by atoms with van der Waals surface area (Å²) in [5.74, 6) is 0.436. The van der Waals surface area contributed by atoms with Gasteiger partial charge in [0.1, 0.15) is 5.69 Å². The fraction of sp³-hybridized carbons (Fsp3) is 0.529. The zero-order valence-corrected chi connectivity index (χ0v) is 13.2. The molecule has 0 bridgehead atoms. The summed E-state index contributed by atoms with van der Waals surface area (Å²) in [6.07, 6.45) is 6.45. The Balaban J connectivity index is 1.79. The van der Waals surface area contributed by atoms with Gasteiger partial charge in [-0.2, -0.15) is 0 Å². The van der Waals surface area contributed by atoms with Crippen LogP contribution in [0.3, 0.4) is 0 Å². The van der Waals surface area contributed by atoms with Gasteiger partial charge in [-0.05, 0) is 36.9 Å². The molecular weight excluding hydrogens is 278 g/mol. The summed E-state index contributed by atoms with van der Waals surface area (Å²) >= 11 is 0. The highest BCUT2D eigenvalue weighted by Crippen LogP contribution is 2.22. The lowest BCUT2D eigenvalue weighted by Gasteiger charge is -2.32. The summed E-state index contributed by atoms with van der Waals surface area (Å²) in [5.41, 5.74) is 2.31. The fourth-order valence-corrected chi connectivity index (χ4v) is 3.20. The van der Waals surface area contributed by atoms with Crippen LogP contribution in [0.25, 0.3) is 11.0 Å². The van der Waals surface area contributed by atoms with Gasteiger partial charge in [-0.1, -0.05) is 20.3 Å². The minimum absolute atomic E-state index is 0.0997. The van der Waals surface area contributed by atoms with E-state index >= 15 is 0 Å². The van der Waals surface area contributed by atoms with Crippen molar-refractivity contribution >= 4 is 16.9 Å². The molecule has 2 aromatic rings. The van der Waals surface area contributed by atoms with Crippen molar-refractivity contribution in [3.63, 3.8) is 0 Å². The lowest BCUT2D eigenvalue weighted by Crippen LogP contribution is -2.51. The average molecular weight is 301 g/mol. The predicted molar refractivity (Wildman–Crippen MR) is 85.9 cm³/mol. The molecule has 1 amide bonds. The molecule has 0 spiro atoms. The monoisotopic (exact) mass is 301 g/mol. The van der Waals surface area contributed by atoms with Crippen molar-refractivity contribution < 1.29 is 9.21 Å².